The number of fused-ring (bicyclic) bond motifs is 1. The molecule has 0 spiro atoms. The zero-order valence-corrected chi connectivity index (χ0v) is 21.3. The Balaban J connectivity index is 1.44. The third-order valence-electron chi connectivity index (χ3n) is 6.85. The van der Waals surface area contributed by atoms with Gasteiger partial charge in [-0.25, -0.2) is 4.98 Å². The topological polar surface area (TPSA) is 97.6 Å². The molecular formula is C27H30ClN7O. The van der Waals surface area contributed by atoms with Crippen LogP contribution in [-0.2, 0) is 6.54 Å². The second-order valence-corrected chi connectivity index (χ2v) is 9.58. The summed E-state index contributed by atoms with van der Waals surface area (Å²) in [6.07, 6.45) is 8.60. The number of hydrogen-bond acceptors (Lipinski definition) is 7. The van der Waals surface area contributed by atoms with Gasteiger partial charge in [-0.2, -0.15) is 4.98 Å². The number of hydrogen-bond donors (Lipinski definition) is 2. The minimum absolute atomic E-state index is 0.130. The Labute approximate surface area is 215 Å². The average molecular weight is 504 g/mol. The minimum Gasteiger partial charge on any atom is -0.354 e. The second kappa shape index (κ2) is 10.7. The highest BCUT2D eigenvalue weighted by Gasteiger charge is 2.17. The fourth-order valence-corrected chi connectivity index (χ4v) is 5.14. The average Bonchev–Trinajstić information content (AvgIpc) is 2.89. The predicted octanol–water partition coefficient (Wildman–Crippen LogP) is 4.70. The van der Waals surface area contributed by atoms with Gasteiger partial charge in [0.2, 0.25) is 5.95 Å². The SMILES string of the molecule is CCn1c(=O)c(-c2ccc(-c3nccnc3C)cc2Cl)cc2cnc(NCCC3CCNCC3)nc21. The van der Waals surface area contributed by atoms with Crippen molar-refractivity contribution in [3.05, 3.63) is 63.9 Å². The summed E-state index contributed by atoms with van der Waals surface area (Å²) in [4.78, 5) is 31.4. The molecule has 0 amide bonds. The zero-order chi connectivity index (χ0) is 25.1. The van der Waals surface area contributed by atoms with Crippen LogP contribution in [0.15, 0.2) is 47.7 Å². The Bertz CT molecular complexity index is 1450. The fraction of sp³-hybridized carbons (Fsp3) is 0.370. The normalized spacial score (nSPS) is 14.3. The van der Waals surface area contributed by atoms with Crippen LogP contribution in [0.5, 0.6) is 0 Å². The lowest BCUT2D eigenvalue weighted by molar-refractivity contribution is 0.361. The third kappa shape index (κ3) is 4.96. The maximum Gasteiger partial charge on any atom is 0.260 e. The number of halogens is 1. The molecule has 0 saturated carbocycles. The van der Waals surface area contributed by atoms with E-state index in [2.05, 4.69) is 25.6 Å². The maximum atomic E-state index is 13.5. The Hall–Kier alpha value is -3.36. The summed E-state index contributed by atoms with van der Waals surface area (Å²) in [5, 5.41) is 8.02. The molecule has 5 rings (SSSR count). The van der Waals surface area contributed by atoms with E-state index < -0.39 is 0 Å². The number of aromatic nitrogens is 5. The second-order valence-electron chi connectivity index (χ2n) is 9.17. The molecule has 0 aliphatic carbocycles. The van der Waals surface area contributed by atoms with E-state index in [0.717, 1.165) is 54.3 Å². The van der Waals surface area contributed by atoms with Crippen molar-refractivity contribution < 1.29 is 0 Å². The van der Waals surface area contributed by atoms with Crippen molar-refractivity contribution in [3.63, 3.8) is 0 Å². The molecule has 1 aromatic carbocycles. The molecule has 0 unspecified atom stereocenters. The quantitative estimate of drug-likeness (QED) is 0.377. The van der Waals surface area contributed by atoms with E-state index in [4.69, 9.17) is 16.6 Å². The van der Waals surface area contributed by atoms with Gasteiger partial charge in [0.05, 0.1) is 11.4 Å². The molecule has 4 heterocycles. The number of nitrogens with one attached hydrogen (secondary N) is 2. The molecule has 36 heavy (non-hydrogen) atoms. The van der Waals surface area contributed by atoms with E-state index in [1.165, 1.54) is 12.8 Å². The Morgan fingerprint density at radius 3 is 2.67 bits per heavy atom. The van der Waals surface area contributed by atoms with Crippen molar-refractivity contribution in [3.8, 4) is 22.4 Å². The van der Waals surface area contributed by atoms with Crippen LogP contribution in [0, 0.1) is 12.8 Å². The van der Waals surface area contributed by atoms with Gasteiger partial charge in [-0.3, -0.25) is 19.3 Å². The fourth-order valence-electron chi connectivity index (χ4n) is 4.86. The van der Waals surface area contributed by atoms with Crippen LogP contribution in [0.25, 0.3) is 33.4 Å². The van der Waals surface area contributed by atoms with Crippen LogP contribution in [0.2, 0.25) is 5.02 Å². The highest BCUT2D eigenvalue weighted by atomic mass is 35.5. The summed E-state index contributed by atoms with van der Waals surface area (Å²) in [7, 11) is 0. The number of anilines is 1. The molecule has 1 saturated heterocycles. The summed E-state index contributed by atoms with van der Waals surface area (Å²) >= 11 is 6.69. The van der Waals surface area contributed by atoms with Gasteiger partial charge in [-0.05, 0) is 64.3 Å². The van der Waals surface area contributed by atoms with E-state index in [9.17, 15) is 4.79 Å². The number of pyridine rings is 1. The summed E-state index contributed by atoms with van der Waals surface area (Å²) in [5.41, 5.74) is 4.12. The van der Waals surface area contributed by atoms with Gasteiger partial charge in [0.1, 0.15) is 5.65 Å². The molecule has 3 aromatic heterocycles. The van der Waals surface area contributed by atoms with Crippen molar-refractivity contribution in [2.24, 2.45) is 5.92 Å². The lowest BCUT2D eigenvalue weighted by Gasteiger charge is -2.22. The van der Waals surface area contributed by atoms with Gasteiger partial charge in [-0.15, -0.1) is 0 Å². The largest absolute Gasteiger partial charge is 0.354 e. The van der Waals surface area contributed by atoms with Crippen LogP contribution >= 0.6 is 11.6 Å². The molecule has 186 valence electrons. The van der Waals surface area contributed by atoms with Crippen molar-refractivity contribution in [2.75, 3.05) is 25.0 Å². The molecule has 2 N–H and O–H groups in total. The first-order valence-electron chi connectivity index (χ1n) is 12.5. The van der Waals surface area contributed by atoms with E-state index in [-0.39, 0.29) is 5.56 Å². The molecule has 9 heteroatoms. The molecule has 1 aliphatic heterocycles. The number of aryl methyl sites for hydroxylation is 2. The number of benzene rings is 1. The van der Waals surface area contributed by atoms with Crippen LogP contribution in [-0.4, -0.2) is 44.1 Å². The van der Waals surface area contributed by atoms with Crippen molar-refractivity contribution in [1.82, 2.24) is 29.8 Å². The summed E-state index contributed by atoms with van der Waals surface area (Å²) < 4.78 is 1.68. The van der Waals surface area contributed by atoms with Gasteiger partial charge in [0, 0.05) is 58.8 Å². The molecular weight excluding hydrogens is 474 g/mol. The van der Waals surface area contributed by atoms with Gasteiger partial charge in [-0.1, -0.05) is 23.7 Å². The number of nitrogens with zero attached hydrogens (tertiary/aromatic N) is 5. The van der Waals surface area contributed by atoms with E-state index in [0.29, 0.717) is 34.3 Å². The molecule has 0 radical (unpaired) electrons. The van der Waals surface area contributed by atoms with Crippen molar-refractivity contribution in [2.45, 2.75) is 39.7 Å². The molecule has 1 aliphatic rings. The van der Waals surface area contributed by atoms with Gasteiger partial charge in [0.25, 0.3) is 5.56 Å². The molecule has 0 atom stereocenters. The van der Waals surface area contributed by atoms with Crippen molar-refractivity contribution >= 4 is 28.6 Å². The first-order chi connectivity index (χ1) is 17.5. The van der Waals surface area contributed by atoms with E-state index >= 15 is 0 Å². The highest BCUT2D eigenvalue weighted by Crippen LogP contribution is 2.32. The number of piperidine rings is 1. The zero-order valence-electron chi connectivity index (χ0n) is 20.6. The summed E-state index contributed by atoms with van der Waals surface area (Å²) in [5.74, 6) is 1.28. The molecule has 8 nitrogen and oxygen atoms in total. The van der Waals surface area contributed by atoms with Crippen LogP contribution < -0.4 is 16.2 Å². The standard InChI is InChI=1S/C27H30ClN7O/c1-3-35-25-20(16-33-27(34-25)32-11-8-18-6-9-29-10-7-18)14-22(26(35)36)21-5-4-19(15-23(21)28)24-17(2)30-12-13-31-24/h4-5,12-16,18,29H,3,6-11H2,1-2H3,(H,32,33,34). The Kier molecular flexibility index (Phi) is 7.25. The number of rotatable bonds is 7. The van der Waals surface area contributed by atoms with Crippen LogP contribution in [0.1, 0.15) is 31.9 Å². The van der Waals surface area contributed by atoms with Crippen molar-refractivity contribution in [1.29, 1.82) is 0 Å². The molecule has 4 aromatic rings. The maximum absolute atomic E-state index is 13.5. The van der Waals surface area contributed by atoms with Gasteiger partial charge in [0.15, 0.2) is 0 Å². The van der Waals surface area contributed by atoms with Gasteiger partial charge < -0.3 is 10.6 Å². The Morgan fingerprint density at radius 2 is 1.92 bits per heavy atom. The smallest absolute Gasteiger partial charge is 0.260 e. The minimum atomic E-state index is -0.130. The summed E-state index contributed by atoms with van der Waals surface area (Å²) in [6.45, 7) is 7.34. The van der Waals surface area contributed by atoms with Crippen LogP contribution in [0.3, 0.4) is 0 Å². The third-order valence-corrected chi connectivity index (χ3v) is 7.16. The lowest BCUT2D eigenvalue weighted by atomic mass is 9.95. The first-order valence-corrected chi connectivity index (χ1v) is 12.9. The van der Waals surface area contributed by atoms with Gasteiger partial charge >= 0.3 is 0 Å². The molecule has 0 bridgehead atoms. The lowest BCUT2D eigenvalue weighted by Crippen LogP contribution is -2.28. The van der Waals surface area contributed by atoms with Crippen LogP contribution in [0.4, 0.5) is 5.95 Å². The monoisotopic (exact) mass is 503 g/mol. The first kappa shape index (κ1) is 24.3. The molecule has 1 fully saturated rings. The Morgan fingerprint density at radius 1 is 1.11 bits per heavy atom. The van der Waals surface area contributed by atoms with E-state index in [1.807, 2.05) is 38.1 Å². The highest BCUT2D eigenvalue weighted by molar-refractivity contribution is 6.33. The summed E-state index contributed by atoms with van der Waals surface area (Å²) in [6, 6.07) is 7.45. The predicted molar refractivity (Wildman–Crippen MR) is 144 cm³/mol. The van der Waals surface area contributed by atoms with E-state index in [1.54, 1.807) is 23.2 Å².